The van der Waals surface area contributed by atoms with Crippen LogP contribution in [0, 0.1) is 0 Å². The first-order chi connectivity index (χ1) is 6.20. The summed E-state index contributed by atoms with van der Waals surface area (Å²) in [4.78, 5) is 10.9. The van der Waals surface area contributed by atoms with Gasteiger partial charge < -0.3 is 9.47 Å². The van der Waals surface area contributed by atoms with Gasteiger partial charge in [-0.1, -0.05) is 6.58 Å². The third-order valence-electron chi connectivity index (χ3n) is 1.52. The molecule has 74 valence electrons. The highest BCUT2D eigenvalue weighted by Crippen LogP contribution is 2.15. The van der Waals surface area contributed by atoms with Crippen molar-refractivity contribution in [3.05, 3.63) is 12.2 Å². The van der Waals surface area contributed by atoms with E-state index in [4.69, 9.17) is 9.47 Å². The number of hydrogen-bond acceptors (Lipinski definition) is 4. The van der Waals surface area contributed by atoms with Crippen molar-refractivity contribution in [3.8, 4) is 0 Å². The summed E-state index contributed by atoms with van der Waals surface area (Å²) in [6, 6.07) is 0. The molecule has 13 heavy (non-hydrogen) atoms. The van der Waals surface area contributed by atoms with E-state index in [1.54, 1.807) is 18.7 Å². The number of carbonyl (C=O) groups excluding carboxylic acids is 1. The zero-order valence-corrected chi connectivity index (χ0v) is 8.56. The summed E-state index contributed by atoms with van der Waals surface area (Å²) in [5, 5.41) is 0. The van der Waals surface area contributed by atoms with Crippen LogP contribution in [0.4, 0.5) is 0 Å². The molecule has 1 unspecified atom stereocenters. The first-order valence-electron chi connectivity index (χ1n) is 4.22. The Hall–Kier alpha value is -0.480. The molecular weight excluding hydrogens is 188 g/mol. The maximum atomic E-state index is 10.9. The third-order valence-corrected chi connectivity index (χ3v) is 2.58. The fraction of sp³-hybridized carbons (Fsp3) is 0.667. The Morgan fingerprint density at radius 2 is 2.46 bits per heavy atom. The van der Waals surface area contributed by atoms with E-state index in [2.05, 4.69) is 6.58 Å². The lowest BCUT2D eigenvalue weighted by Gasteiger charge is -2.02. The number of ether oxygens (including phenoxy) is 2. The summed E-state index contributed by atoms with van der Waals surface area (Å²) in [7, 11) is 0. The molecule has 0 aromatic heterocycles. The topological polar surface area (TPSA) is 38.8 Å². The van der Waals surface area contributed by atoms with E-state index in [-0.39, 0.29) is 5.97 Å². The molecule has 0 spiro atoms. The minimum atomic E-state index is -0.303. The average molecular weight is 202 g/mol. The van der Waals surface area contributed by atoms with Gasteiger partial charge in [-0.25, -0.2) is 4.79 Å². The van der Waals surface area contributed by atoms with Crippen molar-refractivity contribution >= 4 is 17.7 Å². The second kappa shape index (κ2) is 5.29. The Bertz CT molecular complexity index is 199. The van der Waals surface area contributed by atoms with Gasteiger partial charge in [0.2, 0.25) is 0 Å². The van der Waals surface area contributed by atoms with Crippen LogP contribution in [0.5, 0.6) is 0 Å². The predicted octanol–water partition coefficient (Wildman–Crippen LogP) is 1.24. The number of rotatable bonds is 6. The molecule has 1 fully saturated rings. The highest BCUT2D eigenvalue weighted by molar-refractivity contribution is 7.99. The van der Waals surface area contributed by atoms with Gasteiger partial charge in [-0.2, -0.15) is 11.8 Å². The van der Waals surface area contributed by atoms with Crippen LogP contribution in [0.15, 0.2) is 12.2 Å². The maximum Gasteiger partial charge on any atom is 0.333 e. The van der Waals surface area contributed by atoms with Gasteiger partial charge in [0.05, 0.1) is 12.7 Å². The van der Waals surface area contributed by atoms with Gasteiger partial charge in [-0.3, -0.25) is 0 Å². The van der Waals surface area contributed by atoms with Gasteiger partial charge in [-0.15, -0.1) is 0 Å². The van der Waals surface area contributed by atoms with Crippen LogP contribution < -0.4 is 0 Å². The van der Waals surface area contributed by atoms with Crippen LogP contribution in [0.2, 0.25) is 0 Å². The van der Waals surface area contributed by atoms with Crippen LogP contribution in [-0.2, 0) is 14.3 Å². The second-order valence-electron chi connectivity index (χ2n) is 2.95. The van der Waals surface area contributed by atoms with E-state index >= 15 is 0 Å². The Morgan fingerprint density at radius 3 is 3.00 bits per heavy atom. The van der Waals surface area contributed by atoms with Crippen molar-refractivity contribution in [1.29, 1.82) is 0 Å². The molecule has 4 heteroatoms. The van der Waals surface area contributed by atoms with Gasteiger partial charge in [0.1, 0.15) is 6.61 Å². The molecule has 1 aliphatic heterocycles. The molecule has 0 amide bonds. The highest BCUT2D eigenvalue weighted by atomic mass is 32.2. The number of esters is 1. The van der Waals surface area contributed by atoms with Gasteiger partial charge >= 0.3 is 5.97 Å². The normalized spacial score (nSPS) is 19.6. The summed E-state index contributed by atoms with van der Waals surface area (Å²) in [6.07, 6.45) is 0.446. The summed E-state index contributed by atoms with van der Waals surface area (Å²) in [6.45, 7) is 6.49. The largest absolute Gasteiger partial charge is 0.461 e. The lowest BCUT2D eigenvalue weighted by atomic mass is 10.4. The number of carbonyl (C=O) groups is 1. The Balaban J connectivity index is 1.87. The van der Waals surface area contributed by atoms with Crippen molar-refractivity contribution < 1.29 is 14.3 Å². The smallest absolute Gasteiger partial charge is 0.333 e. The molecular formula is C9H14O3S. The average Bonchev–Trinajstić information content (AvgIpc) is 2.87. The highest BCUT2D eigenvalue weighted by Gasteiger charge is 2.21. The molecule has 1 rings (SSSR count). The van der Waals surface area contributed by atoms with Crippen LogP contribution in [0.25, 0.3) is 0 Å². The zero-order chi connectivity index (χ0) is 9.68. The molecule has 1 atom stereocenters. The molecule has 0 aliphatic carbocycles. The molecule has 0 aromatic rings. The van der Waals surface area contributed by atoms with Crippen LogP contribution in [-0.4, -0.2) is 36.8 Å². The second-order valence-corrected chi connectivity index (χ2v) is 4.10. The molecule has 0 saturated carbocycles. The molecule has 1 aliphatic rings. The van der Waals surface area contributed by atoms with E-state index in [0.29, 0.717) is 18.3 Å². The fourth-order valence-electron chi connectivity index (χ4n) is 0.696. The third kappa shape index (κ3) is 4.95. The number of thioether (sulfide) groups is 1. The first kappa shape index (κ1) is 10.6. The number of hydrogen-bond donors (Lipinski definition) is 0. The molecule has 0 bridgehead atoms. The lowest BCUT2D eigenvalue weighted by molar-refractivity contribution is -0.138. The van der Waals surface area contributed by atoms with Crippen LogP contribution in [0.3, 0.4) is 0 Å². The van der Waals surface area contributed by atoms with E-state index < -0.39 is 0 Å². The molecule has 3 nitrogen and oxygen atoms in total. The Labute approximate surface area is 82.5 Å². The standard InChI is InChI=1S/C9H14O3S/c1-7(2)9(10)11-3-4-13-6-8-5-12-8/h8H,1,3-6H2,2H3. The van der Waals surface area contributed by atoms with E-state index in [1.807, 2.05) is 0 Å². The SMILES string of the molecule is C=C(C)C(=O)OCCSCC1CO1. The zero-order valence-electron chi connectivity index (χ0n) is 7.75. The fourth-order valence-corrected chi connectivity index (χ4v) is 1.52. The summed E-state index contributed by atoms with van der Waals surface area (Å²) >= 11 is 1.75. The maximum absolute atomic E-state index is 10.9. The van der Waals surface area contributed by atoms with Crippen molar-refractivity contribution in [1.82, 2.24) is 0 Å². The van der Waals surface area contributed by atoms with E-state index in [0.717, 1.165) is 18.1 Å². The van der Waals surface area contributed by atoms with Crippen molar-refractivity contribution in [2.45, 2.75) is 13.0 Å². The molecule has 1 saturated heterocycles. The summed E-state index contributed by atoms with van der Waals surface area (Å²) in [5.74, 6) is 1.53. The predicted molar refractivity (Wildman–Crippen MR) is 52.8 cm³/mol. The van der Waals surface area contributed by atoms with Gasteiger partial charge in [0.15, 0.2) is 0 Å². The molecule has 0 aromatic carbocycles. The van der Waals surface area contributed by atoms with Crippen LogP contribution in [0.1, 0.15) is 6.92 Å². The van der Waals surface area contributed by atoms with E-state index in [1.165, 1.54) is 0 Å². The monoisotopic (exact) mass is 202 g/mol. The molecule has 1 heterocycles. The molecule has 0 N–H and O–H groups in total. The minimum absolute atomic E-state index is 0.303. The minimum Gasteiger partial charge on any atom is -0.461 e. The first-order valence-corrected chi connectivity index (χ1v) is 5.37. The van der Waals surface area contributed by atoms with Crippen LogP contribution >= 0.6 is 11.8 Å². The van der Waals surface area contributed by atoms with Crippen molar-refractivity contribution in [2.24, 2.45) is 0 Å². The summed E-state index contributed by atoms with van der Waals surface area (Å²) in [5.41, 5.74) is 0.454. The van der Waals surface area contributed by atoms with Gasteiger partial charge in [0.25, 0.3) is 0 Å². The quantitative estimate of drug-likeness (QED) is 0.281. The van der Waals surface area contributed by atoms with Crippen molar-refractivity contribution in [2.75, 3.05) is 24.7 Å². The van der Waals surface area contributed by atoms with E-state index in [9.17, 15) is 4.79 Å². The molecule has 0 radical (unpaired) electrons. The van der Waals surface area contributed by atoms with Gasteiger partial charge in [0, 0.05) is 17.1 Å². The Kier molecular flexibility index (Phi) is 4.32. The van der Waals surface area contributed by atoms with Gasteiger partial charge in [-0.05, 0) is 6.92 Å². The number of epoxide rings is 1. The lowest BCUT2D eigenvalue weighted by Crippen LogP contribution is -2.08. The van der Waals surface area contributed by atoms with Crippen molar-refractivity contribution in [3.63, 3.8) is 0 Å². The Morgan fingerprint density at radius 1 is 1.77 bits per heavy atom. The summed E-state index contributed by atoms with van der Waals surface area (Å²) < 4.78 is 9.94.